The molecular formula is C13H22N2O. The largest absolute Gasteiger partial charge is 0.492 e. The van der Waals surface area contributed by atoms with Gasteiger partial charge in [-0.15, -0.1) is 0 Å². The molecule has 0 unspecified atom stereocenters. The molecule has 0 bridgehead atoms. The van der Waals surface area contributed by atoms with Crippen LogP contribution in [0.2, 0.25) is 0 Å². The third-order valence-electron chi connectivity index (χ3n) is 2.20. The summed E-state index contributed by atoms with van der Waals surface area (Å²) in [7, 11) is 0. The smallest absolute Gasteiger partial charge is 0.137 e. The maximum atomic E-state index is 5.57. The minimum Gasteiger partial charge on any atom is -0.492 e. The van der Waals surface area contributed by atoms with Gasteiger partial charge in [-0.2, -0.15) is 0 Å². The van der Waals surface area contributed by atoms with E-state index in [1.54, 1.807) is 6.20 Å². The van der Waals surface area contributed by atoms with Gasteiger partial charge in [0.15, 0.2) is 0 Å². The van der Waals surface area contributed by atoms with Crippen LogP contribution in [0.25, 0.3) is 0 Å². The number of ether oxygens (including phenoxy) is 1. The summed E-state index contributed by atoms with van der Waals surface area (Å²) in [5.74, 6) is 1.57. The summed E-state index contributed by atoms with van der Waals surface area (Å²) in [4.78, 5) is 4.18. The second kappa shape index (κ2) is 7.23. The molecular weight excluding hydrogens is 200 g/mol. The molecule has 1 aromatic heterocycles. The van der Waals surface area contributed by atoms with E-state index < -0.39 is 0 Å². The molecule has 0 amide bonds. The van der Waals surface area contributed by atoms with Gasteiger partial charge in [0.1, 0.15) is 5.75 Å². The standard InChI is InChI=1S/C13H22N2O/c1-11(2)9-14-7-4-8-16-13-6-5-12(3)15-10-13/h5-6,10-11,14H,4,7-9H2,1-3H3. The Labute approximate surface area is 98.2 Å². The van der Waals surface area contributed by atoms with Gasteiger partial charge in [-0.05, 0) is 44.5 Å². The minimum atomic E-state index is 0.710. The van der Waals surface area contributed by atoms with E-state index in [-0.39, 0.29) is 0 Å². The first-order chi connectivity index (χ1) is 7.68. The van der Waals surface area contributed by atoms with E-state index in [1.807, 2.05) is 19.1 Å². The fourth-order valence-corrected chi connectivity index (χ4v) is 1.32. The third kappa shape index (κ3) is 5.71. The molecule has 0 spiro atoms. The summed E-state index contributed by atoms with van der Waals surface area (Å²) in [6, 6.07) is 3.93. The van der Waals surface area contributed by atoms with Crippen molar-refractivity contribution in [2.45, 2.75) is 27.2 Å². The highest BCUT2D eigenvalue weighted by molar-refractivity contribution is 5.18. The summed E-state index contributed by atoms with van der Waals surface area (Å²) in [6.07, 6.45) is 2.80. The third-order valence-corrected chi connectivity index (χ3v) is 2.20. The minimum absolute atomic E-state index is 0.710. The van der Waals surface area contributed by atoms with E-state index in [0.717, 1.165) is 37.6 Å². The number of aryl methyl sites for hydroxylation is 1. The Kier molecular flexibility index (Phi) is 5.86. The molecule has 16 heavy (non-hydrogen) atoms. The summed E-state index contributed by atoms with van der Waals surface area (Å²) in [5, 5.41) is 3.38. The molecule has 1 rings (SSSR count). The van der Waals surface area contributed by atoms with E-state index >= 15 is 0 Å². The quantitative estimate of drug-likeness (QED) is 0.719. The Morgan fingerprint density at radius 1 is 1.38 bits per heavy atom. The number of hydrogen-bond donors (Lipinski definition) is 1. The lowest BCUT2D eigenvalue weighted by Crippen LogP contribution is -2.22. The Balaban J connectivity index is 2.05. The Bertz CT molecular complexity index is 282. The van der Waals surface area contributed by atoms with Crippen molar-refractivity contribution in [3.05, 3.63) is 24.0 Å². The molecule has 0 aliphatic heterocycles. The van der Waals surface area contributed by atoms with Crippen molar-refractivity contribution in [1.82, 2.24) is 10.3 Å². The second-order valence-electron chi connectivity index (χ2n) is 4.44. The van der Waals surface area contributed by atoms with Crippen LogP contribution in [0.15, 0.2) is 18.3 Å². The van der Waals surface area contributed by atoms with Crippen molar-refractivity contribution in [1.29, 1.82) is 0 Å². The number of aromatic nitrogens is 1. The lowest BCUT2D eigenvalue weighted by molar-refractivity contribution is 0.306. The molecule has 0 aliphatic carbocycles. The van der Waals surface area contributed by atoms with Gasteiger partial charge in [0.2, 0.25) is 0 Å². The van der Waals surface area contributed by atoms with Crippen molar-refractivity contribution < 1.29 is 4.74 Å². The SMILES string of the molecule is Cc1ccc(OCCCNCC(C)C)cn1. The number of hydrogen-bond acceptors (Lipinski definition) is 3. The predicted molar refractivity (Wildman–Crippen MR) is 66.8 cm³/mol. The molecule has 1 heterocycles. The van der Waals surface area contributed by atoms with Crippen LogP contribution in [0.3, 0.4) is 0 Å². The number of nitrogens with one attached hydrogen (secondary N) is 1. The monoisotopic (exact) mass is 222 g/mol. The second-order valence-corrected chi connectivity index (χ2v) is 4.44. The normalized spacial score (nSPS) is 10.8. The maximum absolute atomic E-state index is 5.57. The van der Waals surface area contributed by atoms with Gasteiger partial charge in [-0.3, -0.25) is 4.98 Å². The Morgan fingerprint density at radius 3 is 2.81 bits per heavy atom. The van der Waals surface area contributed by atoms with Crippen LogP contribution < -0.4 is 10.1 Å². The average molecular weight is 222 g/mol. The van der Waals surface area contributed by atoms with Gasteiger partial charge >= 0.3 is 0 Å². The molecule has 0 fully saturated rings. The molecule has 0 atom stereocenters. The number of pyridine rings is 1. The van der Waals surface area contributed by atoms with Crippen molar-refractivity contribution in [3.8, 4) is 5.75 Å². The zero-order chi connectivity index (χ0) is 11.8. The van der Waals surface area contributed by atoms with E-state index in [9.17, 15) is 0 Å². The van der Waals surface area contributed by atoms with Crippen LogP contribution >= 0.6 is 0 Å². The molecule has 0 radical (unpaired) electrons. The molecule has 90 valence electrons. The molecule has 0 saturated carbocycles. The number of nitrogens with zero attached hydrogens (tertiary/aromatic N) is 1. The Morgan fingerprint density at radius 2 is 2.19 bits per heavy atom. The highest BCUT2D eigenvalue weighted by Crippen LogP contribution is 2.08. The van der Waals surface area contributed by atoms with Crippen molar-refractivity contribution in [2.24, 2.45) is 5.92 Å². The average Bonchev–Trinajstić information content (AvgIpc) is 2.25. The maximum Gasteiger partial charge on any atom is 0.137 e. The van der Waals surface area contributed by atoms with Crippen molar-refractivity contribution >= 4 is 0 Å². The van der Waals surface area contributed by atoms with Crippen LogP contribution in [-0.2, 0) is 0 Å². The van der Waals surface area contributed by atoms with Gasteiger partial charge in [0, 0.05) is 5.69 Å². The highest BCUT2D eigenvalue weighted by atomic mass is 16.5. The zero-order valence-corrected chi connectivity index (χ0v) is 10.5. The van der Waals surface area contributed by atoms with E-state index in [1.165, 1.54) is 0 Å². The van der Waals surface area contributed by atoms with Crippen molar-refractivity contribution in [3.63, 3.8) is 0 Å². The molecule has 1 N–H and O–H groups in total. The lowest BCUT2D eigenvalue weighted by atomic mass is 10.2. The van der Waals surface area contributed by atoms with Crippen molar-refractivity contribution in [2.75, 3.05) is 19.7 Å². The molecule has 1 aromatic rings. The first kappa shape index (κ1) is 13.0. The summed E-state index contributed by atoms with van der Waals surface area (Å²) < 4.78 is 5.57. The van der Waals surface area contributed by atoms with Gasteiger partial charge in [0.05, 0.1) is 12.8 Å². The fourth-order valence-electron chi connectivity index (χ4n) is 1.32. The van der Waals surface area contributed by atoms with Crippen LogP contribution in [-0.4, -0.2) is 24.7 Å². The molecule has 3 nitrogen and oxygen atoms in total. The highest BCUT2D eigenvalue weighted by Gasteiger charge is 1.95. The van der Waals surface area contributed by atoms with Gasteiger partial charge in [0.25, 0.3) is 0 Å². The topological polar surface area (TPSA) is 34.1 Å². The van der Waals surface area contributed by atoms with Crippen LogP contribution in [0, 0.1) is 12.8 Å². The predicted octanol–water partition coefficient (Wildman–Crippen LogP) is 2.40. The Hall–Kier alpha value is -1.09. The van der Waals surface area contributed by atoms with Crippen LogP contribution in [0.1, 0.15) is 26.0 Å². The first-order valence-electron chi connectivity index (χ1n) is 5.94. The van der Waals surface area contributed by atoms with E-state index in [2.05, 4.69) is 24.1 Å². The fraction of sp³-hybridized carbons (Fsp3) is 0.615. The van der Waals surface area contributed by atoms with Crippen LogP contribution in [0.4, 0.5) is 0 Å². The van der Waals surface area contributed by atoms with Gasteiger partial charge < -0.3 is 10.1 Å². The molecule has 0 aromatic carbocycles. The summed E-state index contributed by atoms with van der Waals surface area (Å²) >= 11 is 0. The summed E-state index contributed by atoms with van der Waals surface area (Å²) in [5.41, 5.74) is 1.02. The van der Waals surface area contributed by atoms with Crippen LogP contribution in [0.5, 0.6) is 5.75 Å². The molecule has 0 saturated heterocycles. The van der Waals surface area contributed by atoms with E-state index in [0.29, 0.717) is 5.92 Å². The van der Waals surface area contributed by atoms with Gasteiger partial charge in [-0.25, -0.2) is 0 Å². The first-order valence-corrected chi connectivity index (χ1v) is 5.94. The lowest BCUT2D eigenvalue weighted by Gasteiger charge is -2.08. The zero-order valence-electron chi connectivity index (χ0n) is 10.5. The van der Waals surface area contributed by atoms with E-state index in [4.69, 9.17) is 4.74 Å². The molecule has 3 heteroatoms. The molecule has 0 aliphatic rings. The van der Waals surface area contributed by atoms with Gasteiger partial charge in [-0.1, -0.05) is 13.8 Å². The summed E-state index contributed by atoms with van der Waals surface area (Å²) in [6.45, 7) is 9.22. The number of rotatable bonds is 7.